The molecule has 0 aliphatic carbocycles. The van der Waals surface area contributed by atoms with E-state index in [4.69, 9.17) is 4.74 Å². The van der Waals surface area contributed by atoms with Crippen molar-refractivity contribution in [2.75, 3.05) is 6.61 Å². The minimum absolute atomic E-state index is 0.0866. The highest BCUT2D eigenvalue weighted by atomic mass is 19.4. The van der Waals surface area contributed by atoms with Crippen molar-refractivity contribution >= 4 is 11.2 Å². The molecule has 0 atom stereocenters. The van der Waals surface area contributed by atoms with Gasteiger partial charge in [-0.3, -0.25) is 9.14 Å². The highest BCUT2D eigenvalue weighted by Gasteiger charge is 2.28. The number of ether oxygens (including phenoxy) is 2. The molecule has 1 aromatic carbocycles. The molecular weight excluding hydrogens is 402 g/mol. The van der Waals surface area contributed by atoms with E-state index in [1.165, 1.54) is 12.1 Å². The van der Waals surface area contributed by atoms with Gasteiger partial charge in [-0.25, -0.2) is 4.39 Å². The molecule has 9 heteroatoms. The second kappa shape index (κ2) is 9.64. The fraction of sp³-hybridized carbons (Fsp3) is 0.238. The average Bonchev–Trinajstić information content (AvgIpc) is 3.11. The number of alkyl halides is 3. The van der Waals surface area contributed by atoms with Gasteiger partial charge in [0.25, 0.3) is 0 Å². The summed E-state index contributed by atoms with van der Waals surface area (Å²) in [5, 5.41) is 8.16. The Morgan fingerprint density at radius 2 is 1.90 bits per heavy atom. The number of benzene rings is 1. The number of pyridine rings is 1. The number of fused-ring (bicyclic) bond motifs is 1. The highest BCUT2D eigenvalue weighted by Crippen LogP contribution is 2.19. The molecule has 0 N–H and O–H groups in total. The Bertz CT molecular complexity index is 1060. The molecule has 0 fully saturated rings. The van der Waals surface area contributed by atoms with Crippen molar-refractivity contribution in [2.24, 2.45) is 0 Å². The third-order valence-corrected chi connectivity index (χ3v) is 4.20. The van der Waals surface area contributed by atoms with E-state index in [0.717, 1.165) is 5.56 Å². The van der Waals surface area contributed by atoms with Crippen LogP contribution in [0.5, 0.6) is 0 Å². The summed E-state index contributed by atoms with van der Waals surface area (Å²) in [7, 11) is 0. The predicted molar refractivity (Wildman–Crippen MR) is 103 cm³/mol. The molecule has 0 saturated heterocycles. The first-order valence-electron chi connectivity index (χ1n) is 9.06. The Labute approximate surface area is 170 Å². The van der Waals surface area contributed by atoms with Crippen LogP contribution < -0.4 is 0 Å². The molecule has 2 aromatic heterocycles. The molecule has 30 heavy (non-hydrogen) atoms. The maximum atomic E-state index is 13.7. The molecule has 3 aromatic rings. The second-order valence-corrected chi connectivity index (χ2v) is 6.25. The molecule has 5 nitrogen and oxygen atoms in total. The van der Waals surface area contributed by atoms with Gasteiger partial charge in [-0.1, -0.05) is 36.4 Å². The summed E-state index contributed by atoms with van der Waals surface area (Å²) in [5.74, 6) is 0.174. The van der Waals surface area contributed by atoms with Gasteiger partial charge in [0.2, 0.25) is 0 Å². The molecule has 0 aliphatic rings. The van der Waals surface area contributed by atoms with Gasteiger partial charge in [0.05, 0.1) is 13.2 Å². The fourth-order valence-corrected chi connectivity index (χ4v) is 2.75. The first kappa shape index (κ1) is 21.7. The van der Waals surface area contributed by atoms with Crippen LogP contribution in [0.4, 0.5) is 17.6 Å². The van der Waals surface area contributed by atoms with Crippen molar-refractivity contribution in [3.63, 3.8) is 0 Å². The quantitative estimate of drug-likeness (QED) is 0.376. The van der Waals surface area contributed by atoms with E-state index < -0.39 is 13.0 Å². The molecule has 0 spiro atoms. The summed E-state index contributed by atoms with van der Waals surface area (Å²) < 4.78 is 61.0. The van der Waals surface area contributed by atoms with Crippen LogP contribution >= 0.6 is 0 Å². The van der Waals surface area contributed by atoms with Crippen LogP contribution in [-0.2, 0) is 22.7 Å². The molecule has 0 aliphatic heterocycles. The van der Waals surface area contributed by atoms with Crippen molar-refractivity contribution in [3.8, 4) is 0 Å². The van der Waals surface area contributed by atoms with Crippen LogP contribution in [0.1, 0.15) is 23.9 Å². The van der Waals surface area contributed by atoms with Gasteiger partial charge in [0.1, 0.15) is 12.4 Å². The van der Waals surface area contributed by atoms with Crippen molar-refractivity contribution in [2.45, 2.75) is 26.5 Å². The van der Waals surface area contributed by atoms with E-state index in [9.17, 15) is 17.6 Å². The van der Waals surface area contributed by atoms with Crippen molar-refractivity contribution < 1.29 is 27.0 Å². The Hall–Kier alpha value is -3.04. The maximum Gasteiger partial charge on any atom is 0.522 e. The molecule has 158 valence electrons. The lowest BCUT2D eigenvalue weighted by Crippen LogP contribution is -2.12. The zero-order valence-corrected chi connectivity index (χ0v) is 16.1. The Morgan fingerprint density at radius 1 is 1.10 bits per heavy atom. The van der Waals surface area contributed by atoms with E-state index in [2.05, 4.69) is 14.9 Å². The van der Waals surface area contributed by atoms with Crippen molar-refractivity contribution in [1.29, 1.82) is 0 Å². The minimum Gasteiger partial charge on any atom is -0.369 e. The number of rotatable bonds is 8. The van der Waals surface area contributed by atoms with Gasteiger partial charge in [-0.2, -0.15) is 0 Å². The highest BCUT2D eigenvalue weighted by molar-refractivity contribution is 5.74. The van der Waals surface area contributed by atoms with Gasteiger partial charge >= 0.3 is 6.36 Å². The Balaban J connectivity index is 1.70. The molecule has 2 heterocycles. The molecule has 0 bridgehead atoms. The van der Waals surface area contributed by atoms with Gasteiger partial charge < -0.3 is 4.74 Å². The third-order valence-electron chi connectivity index (χ3n) is 4.20. The fourth-order valence-electron chi connectivity index (χ4n) is 2.75. The zero-order chi connectivity index (χ0) is 21.6. The summed E-state index contributed by atoms with van der Waals surface area (Å²) in [6.07, 6.45) is 1.70. The minimum atomic E-state index is -4.67. The molecule has 0 unspecified atom stereocenters. The van der Waals surface area contributed by atoms with Crippen LogP contribution in [-0.4, -0.2) is 27.6 Å². The number of allylic oxidation sites excluding steroid dienone is 3. The number of nitrogens with zero attached hydrogens (tertiary/aromatic N) is 3. The molecule has 3 rings (SSSR count). The van der Waals surface area contributed by atoms with E-state index >= 15 is 0 Å². The van der Waals surface area contributed by atoms with Crippen LogP contribution in [0.25, 0.3) is 11.2 Å². The Kier molecular flexibility index (Phi) is 6.96. The maximum absolute atomic E-state index is 13.7. The standard InChI is InChI=1S/C21H19F4N3O2/c1-2-15(7-5-11-30-21(23,24)25)16-9-10-19-26-27-20(28(19)12-16)14-29-13-17-6-3-4-8-18(17)22/h2-10,12H,11,13-14H2,1H3/b7-5-,15-2+. The van der Waals surface area contributed by atoms with E-state index in [1.807, 2.05) is 0 Å². The van der Waals surface area contributed by atoms with Crippen LogP contribution in [0.3, 0.4) is 0 Å². The van der Waals surface area contributed by atoms with Gasteiger partial charge in [0.15, 0.2) is 11.5 Å². The van der Waals surface area contributed by atoms with Gasteiger partial charge in [-0.15, -0.1) is 23.4 Å². The van der Waals surface area contributed by atoms with Crippen LogP contribution in [0.2, 0.25) is 0 Å². The smallest absolute Gasteiger partial charge is 0.369 e. The first-order chi connectivity index (χ1) is 14.4. The Morgan fingerprint density at radius 3 is 2.63 bits per heavy atom. The number of hydrogen-bond donors (Lipinski definition) is 0. The monoisotopic (exact) mass is 421 g/mol. The van der Waals surface area contributed by atoms with E-state index in [1.54, 1.807) is 60.0 Å². The lowest BCUT2D eigenvalue weighted by Gasteiger charge is -2.07. The largest absolute Gasteiger partial charge is 0.522 e. The van der Waals surface area contributed by atoms with Crippen molar-refractivity contribution in [3.05, 3.63) is 83.6 Å². The number of hydrogen-bond acceptors (Lipinski definition) is 4. The van der Waals surface area contributed by atoms with Crippen molar-refractivity contribution in [1.82, 2.24) is 14.6 Å². The summed E-state index contributed by atoms with van der Waals surface area (Å²) >= 11 is 0. The lowest BCUT2D eigenvalue weighted by atomic mass is 10.1. The SMILES string of the molecule is C/C=C(\C=C/COC(F)(F)F)c1ccc2nnc(COCc3ccccc3F)n2c1. The zero-order valence-electron chi connectivity index (χ0n) is 16.1. The molecule has 0 radical (unpaired) electrons. The van der Waals surface area contributed by atoms with Gasteiger partial charge in [0, 0.05) is 11.8 Å². The second-order valence-electron chi connectivity index (χ2n) is 6.25. The molecule has 0 amide bonds. The number of halogens is 4. The summed E-state index contributed by atoms with van der Waals surface area (Å²) in [6, 6.07) is 9.87. The van der Waals surface area contributed by atoms with Crippen LogP contribution in [0, 0.1) is 5.82 Å². The topological polar surface area (TPSA) is 48.7 Å². The lowest BCUT2D eigenvalue weighted by molar-refractivity contribution is -0.319. The summed E-state index contributed by atoms with van der Waals surface area (Å²) in [6.45, 7) is 1.40. The normalized spacial score (nSPS) is 12.9. The average molecular weight is 421 g/mol. The van der Waals surface area contributed by atoms with Crippen LogP contribution in [0.15, 0.2) is 60.8 Å². The van der Waals surface area contributed by atoms with E-state index in [-0.39, 0.29) is 19.0 Å². The van der Waals surface area contributed by atoms with Gasteiger partial charge in [-0.05, 0) is 36.3 Å². The summed E-state index contributed by atoms with van der Waals surface area (Å²) in [5.41, 5.74) is 2.48. The number of aromatic nitrogens is 3. The summed E-state index contributed by atoms with van der Waals surface area (Å²) in [4.78, 5) is 0. The van der Waals surface area contributed by atoms with E-state index in [0.29, 0.717) is 22.6 Å². The molecular formula is C21H19F4N3O2. The first-order valence-corrected chi connectivity index (χ1v) is 9.06. The third kappa shape index (κ3) is 5.74. The molecule has 0 saturated carbocycles. The predicted octanol–water partition coefficient (Wildman–Crippen LogP) is 5.08.